The van der Waals surface area contributed by atoms with E-state index in [0.717, 1.165) is 4.90 Å². The SMILES string of the molecule is FC(C(F)(F)F)C(F)(F)CC1COC(C(F)(F)C(F)N2CCOCC2)CO1. The van der Waals surface area contributed by atoms with Gasteiger partial charge in [-0.05, 0) is 0 Å². The number of alkyl halides is 9. The summed E-state index contributed by atoms with van der Waals surface area (Å²) in [6.45, 7) is -2.04. The molecule has 0 aromatic carbocycles. The second-order valence-electron chi connectivity index (χ2n) is 6.31. The lowest BCUT2D eigenvalue weighted by Crippen LogP contribution is -2.58. The van der Waals surface area contributed by atoms with Gasteiger partial charge >= 0.3 is 12.1 Å². The van der Waals surface area contributed by atoms with Crippen molar-refractivity contribution in [1.82, 2.24) is 4.90 Å². The van der Waals surface area contributed by atoms with Crippen LogP contribution in [0, 0.1) is 0 Å². The van der Waals surface area contributed by atoms with Crippen LogP contribution in [0.5, 0.6) is 0 Å². The molecule has 0 bridgehead atoms. The van der Waals surface area contributed by atoms with E-state index in [2.05, 4.69) is 9.47 Å². The molecule has 2 rings (SSSR count). The van der Waals surface area contributed by atoms with Crippen molar-refractivity contribution in [3.05, 3.63) is 0 Å². The Morgan fingerprint density at radius 2 is 1.48 bits per heavy atom. The molecular formula is C14H18F9NO3. The number of ether oxygens (including phenoxy) is 3. The van der Waals surface area contributed by atoms with Crippen molar-refractivity contribution in [3.63, 3.8) is 0 Å². The van der Waals surface area contributed by atoms with Gasteiger partial charge in [0, 0.05) is 19.5 Å². The van der Waals surface area contributed by atoms with Crippen LogP contribution in [0.25, 0.3) is 0 Å². The minimum Gasteiger partial charge on any atom is -0.379 e. The van der Waals surface area contributed by atoms with Crippen molar-refractivity contribution in [2.45, 2.75) is 49.1 Å². The predicted molar refractivity (Wildman–Crippen MR) is 72.2 cm³/mol. The van der Waals surface area contributed by atoms with Crippen molar-refractivity contribution >= 4 is 0 Å². The van der Waals surface area contributed by atoms with Gasteiger partial charge in [0.25, 0.3) is 12.1 Å². The van der Waals surface area contributed by atoms with E-state index in [1.54, 1.807) is 0 Å². The first-order valence-electron chi connectivity index (χ1n) is 8.01. The molecule has 160 valence electrons. The van der Waals surface area contributed by atoms with Gasteiger partial charge in [-0.25, -0.2) is 17.6 Å². The van der Waals surface area contributed by atoms with Crippen LogP contribution in [0.15, 0.2) is 0 Å². The van der Waals surface area contributed by atoms with E-state index in [1.165, 1.54) is 0 Å². The monoisotopic (exact) mass is 419 g/mol. The molecule has 13 heteroatoms. The smallest absolute Gasteiger partial charge is 0.379 e. The molecular weight excluding hydrogens is 401 g/mol. The minimum absolute atomic E-state index is 0.0548. The molecule has 2 aliphatic rings. The third-order valence-electron chi connectivity index (χ3n) is 4.24. The molecule has 4 nitrogen and oxygen atoms in total. The second kappa shape index (κ2) is 8.29. The molecule has 0 spiro atoms. The van der Waals surface area contributed by atoms with Crippen LogP contribution in [-0.2, 0) is 14.2 Å². The molecule has 0 radical (unpaired) electrons. The summed E-state index contributed by atoms with van der Waals surface area (Å²) >= 11 is 0. The lowest BCUT2D eigenvalue weighted by Gasteiger charge is -2.40. The summed E-state index contributed by atoms with van der Waals surface area (Å²) in [5.41, 5.74) is 0. The van der Waals surface area contributed by atoms with Crippen molar-refractivity contribution in [1.29, 1.82) is 0 Å². The fraction of sp³-hybridized carbons (Fsp3) is 1.00. The van der Waals surface area contributed by atoms with Gasteiger partial charge in [0.15, 0.2) is 0 Å². The lowest BCUT2D eigenvalue weighted by atomic mass is 10.0. The van der Waals surface area contributed by atoms with Crippen LogP contribution in [-0.4, -0.2) is 87.1 Å². The van der Waals surface area contributed by atoms with E-state index in [9.17, 15) is 39.5 Å². The quantitative estimate of drug-likeness (QED) is 0.490. The minimum atomic E-state index is -5.78. The standard InChI is InChI=1S/C14H18F9NO3/c15-10(14(21,22)23)12(17,18)5-8-6-27-9(7-26-8)13(19,20)11(16)24-1-3-25-4-2-24/h8-11H,1-7H2. The number of hydrogen-bond acceptors (Lipinski definition) is 4. The molecule has 0 aromatic heterocycles. The van der Waals surface area contributed by atoms with Gasteiger partial charge in [0.2, 0.25) is 6.30 Å². The molecule has 27 heavy (non-hydrogen) atoms. The van der Waals surface area contributed by atoms with Crippen LogP contribution in [0.4, 0.5) is 39.5 Å². The summed E-state index contributed by atoms with van der Waals surface area (Å²) in [5.74, 6) is -8.88. The molecule has 2 saturated heterocycles. The highest BCUT2D eigenvalue weighted by atomic mass is 19.4. The van der Waals surface area contributed by atoms with Gasteiger partial charge < -0.3 is 14.2 Å². The van der Waals surface area contributed by atoms with E-state index in [0.29, 0.717) is 0 Å². The summed E-state index contributed by atoms with van der Waals surface area (Å²) in [6, 6.07) is 0. The van der Waals surface area contributed by atoms with Gasteiger partial charge in [-0.2, -0.15) is 22.0 Å². The van der Waals surface area contributed by atoms with E-state index in [1.807, 2.05) is 0 Å². The Labute approximate surface area is 148 Å². The van der Waals surface area contributed by atoms with E-state index in [-0.39, 0.29) is 26.3 Å². The molecule has 0 saturated carbocycles. The molecule has 2 aliphatic heterocycles. The third-order valence-corrected chi connectivity index (χ3v) is 4.24. The highest BCUT2D eigenvalue weighted by molar-refractivity contribution is 4.91. The van der Waals surface area contributed by atoms with Gasteiger partial charge in [-0.3, -0.25) is 4.90 Å². The van der Waals surface area contributed by atoms with Gasteiger partial charge in [-0.1, -0.05) is 0 Å². The van der Waals surface area contributed by atoms with E-state index < -0.39 is 62.3 Å². The highest BCUT2D eigenvalue weighted by Crippen LogP contribution is 2.39. The Morgan fingerprint density at radius 1 is 0.889 bits per heavy atom. The molecule has 4 unspecified atom stereocenters. The Hall–Kier alpha value is -0.790. The van der Waals surface area contributed by atoms with E-state index >= 15 is 0 Å². The number of nitrogens with zero attached hydrogens (tertiary/aromatic N) is 1. The molecule has 0 N–H and O–H groups in total. The van der Waals surface area contributed by atoms with Crippen molar-refractivity contribution in [2.24, 2.45) is 0 Å². The summed E-state index contributed by atoms with van der Waals surface area (Å²) < 4.78 is 133. The zero-order chi connectivity index (χ0) is 20.5. The fourth-order valence-corrected chi connectivity index (χ4v) is 2.73. The molecule has 0 aromatic rings. The van der Waals surface area contributed by atoms with Gasteiger partial charge in [0.1, 0.15) is 6.10 Å². The number of rotatable bonds is 6. The Kier molecular flexibility index (Phi) is 6.91. The highest BCUT2D eigenvalue weighted by Gasteiger charge is 2.58. The van der Waals surface area contributed by atoms with Crippen LogP contribution in [0.3, 0.4) is 0 Å². The fourth-order valence-electron chi connectivity index (χ4n) is 2.73. The maximum atomic E-state index is 14.2. The Morgan fingerprint density at radius 3 is 1.96 bits per heavy atom. The zero-order valence-corrected chi connectivity index (χ0v) is 13.8. The molecule has 2 fully saturated rings. The average Bonchev–Trinajstić information content (AvgIpc) is 2.60. The normalized spacial score (nSPS) is 28.8. The van der Waals surface area contributed by atoms with Gasteiger partial charge in [-0.15, -0.1) is 0 Å². The number of hydrogen-bond donors (Lipinski definition) is 0. The summed E-state index contributed by atoms with van der Waals surface area (Å²) in [5, 5.41) is 0. The average molecular weight is 419 g/mol. The molecule has 0 amide bonds. The number of halogens is 9. The summed E-state index contributed by atoms with van der Waals surface area (Å²) in [7, 11) is 0. The first-order chi connectivity index (χ1) is 12.4. The van der Waals surface area contributed by atoms with Gasteiger partial charge in [0.05, 0.1) is 32.5 Å². The van der Waals surface area contributed by atoms with E-state index in [4.69, 9.17) is 4.74 Å². The van der Waals surface area contributed by atoms with Crippen molar-refractivity contribution in [3.8, 4) is 0 Å². The van der Waals surface area contributed by atoms with Crippen LogP contribution in [0.2, 0.25) is 0 Å². The second-order valence-corrected chi connectivity index (χ2v) is 6.31. The van der Waals surface area contributed by atoms with Crippen LogP contribution < -0.4 is 0 Å². The van der Waals surface area contributed by atoms with Crippen LogP contribution >= 0.6 is 0 Å². The first-order valence-corrected chi connectivity index (χ1v) is 8.01. The maximum absolute atomic E-state index is 14.2. The third kappa shape index (κ3) is 5.39. The first kappa shape index (κ1) is 22.5. The molecule has 4 atom stereocenters. The lowest BCUT2D eigenvalue weighted by molar-refractivity contribution is -0.276. The van der Waals surface area contributed by atoms with Crippen LogP contribution in [0.1, 0.15) is 6.42 Å². The Balaban J connectivity index is 1.90. The molecule has 0 aliphatic carbocycles. The number of morpholine rings is 1. The predicted octanol–water partition coefficient (Wildman–Crippen LogP) is 2.96. The van der Waals surface area contributed by atoms with Crippen molar-refractivity contribution in [2.75, 3.05) is 39.5 Å². The Bertz CT molecular complexity index is 477. The maximum Gasteiger partial charge on any atom is 0.425 e. The summed E-state index contributed by atoms with van der Waals surface area (Å²) in [4.78, 5) is 0.824. The molecule has 2 heterocycles. The summed E-state index contributed by atoms with van der Waals surface area (Å²) in [6.07, 6.45) is -18.5. The topological polar surface area (TPSA) is 30.9 Å². The zero-order valence-electron chi connectivity index (χ0n) is 13.8. The largest absolute Gasteiger partial charge is 0.425 e. The van der Waals surface area contributed by atoms with Crippen molar-refractivity contribution < 1.29 is 53.7 Å².